The molecule has 2 saturated heterocycles. The van der Waals surface area contributed by atoms with Crippen LogP contribution >= 0.6 is 11.6 Å². The van der Waals surface area contributed by atoms with Crippen LogP contribution in [-0.2, 0) is 16.5 Å². The summed E-state index contributed by atoms with van der Waals surface area (Å²) in [5, 5.41) is 7.49. The number of nitrogens with two attached hydrogens (primary N) is 2. The molecule has 0 aromatic carbocycles. The van der Waals surface area contributed by atoms with Crippen LogP contribution in [0.3, 0.4) is 0 Å². The van der Waals surface area contributed by atoms with E-state index in [1.54, 1.807) is 10.9 Å². The van der Waals surface area contributed by atoms with Crippen molar-refractivity contribution >= 4 is 29.1 Å². The van der Waals surface area contributed by atoms with Crippen LogP contribution in [0.5, 0.6) is 0 Å². The molecule has 0 spiro atoms. The van der Waals surface area contributed by atoms with Gasteiger partial charge in [0, 0.05) is 13.2 Å². The lowest BCUT2D eigenvalue weighted by atomic mass is 9.97. The summed E-state index contributed by atoms with van der Waals surface area (Å²) in [6, 6.07) is -0.133. The molecule has 4 rings (SSSR count). The largest absolute Gasteiger partial charge is 0.382 e. The zero-order valence-corrected chi connectivity index (χ0v) is 13.8. The molecule has 5 N–H and O–H groups in total. The predicted octanol–water partition coefficient (Wildman–Crippen LogP) is 0.398. The van der Waals surface area contributed by atoms with E-state index in [1.807, 2.05) is 13.2 Å². The number of halogens is 1. The first-order chi connectivity index (χ1) is 11.5. The molecule has 2 aromatic heterocycles. The lowest BCUT2D eigenvalue weighted by Gasteiger charge is -2.18. The zero-order chi connectivity index (χ0) is 16.8. The Morgan fingerprint density at radius 2 is 2.08 bits per heavy atom. The summed E-state index contributed by atoms with van der Waals surface area (Å²) in [5.41, 5.74) is 13.3. The fourth-order valence-electron chi connectivity index (χ4n) is 3.16. The molecule has 2 aliphatic heterocycles. The van der Waals surface area contributed by atoms with Crippen molar-refractivity contribution in [3.8, 4) is 0 Å². The topological polar surface area (TPSA) is 126 Å². The molecule has 2 aromatic rings. The number of rotatable bonds is 3. The number of hydrogen-bond donors (Lipinski definition) is 3. The van der Waals surface area contributed by atoms with Crippen LogP contribution in [0.25, 0.3) is 0 Å². The molecule has 2 fully saturated rings. The van der Waals surface area contributed by atoms with Gasteiger partial charge in [-0.2, -0.15) is 10.1 Å². The number of anilines is 3. The van der Waals surface area contributed by atoms with Gasteiger partial charge in [0.2, 0.25) is 5.95 Å². The van der Waals surface area contributed by atoms with E-state index < -0.39 is 0 Å². The summed E-state index contributed by atoms with van der Waals surface area (Å²) in [6.07, 6.45) is 3.17. The Morgan fingerprint density at radius 3 is 2.83 bits per heavy atom. The first-order valence-electron chi connectivity index (χ1n) is 7.60. The van der Waals surface area contributed by atoms with Crippen LogP contribution in [0.1, 0.15) is 11.6 Å². The van der Waals surface area contributed by atoms with Crippen LogP contribution in [0, 0.1) is 0 Å². The average molecular weight is 352 g/mol. The molecule has 9 nitrogen and oxygen atoms in total. The number of aromatic nitrogens is 4. The standard InChI is InChI=1S/C14H18ClN7O2/c1-22-3-6(2-18-22)19-14-20-10(9(15)13(17)21-14)7-4-23-12-8(16)5-24-11(7)12/h2-3,7-8,11-12H,4-5,16H2,1H3,(H3,17,19,20,21)/t7-,8-,11?,12?/m1/s1. The van der Waals surface area contributed by atoms with Crippen LogP contribution in [0.2, 0.25) is 5.02 Å². The van der Waals surface area contributed by atoms with Gasteiger partial charge in [-0.3, -0.25) is 4.68 Å². The summed E-state index contributed by atoms with van der Waals surface area (Å²) >= 11 is 6.34. The third-order valence-electron chi connectivity index (χ3n) is 4.31. The van der Waals surface area contributed by atoms with Crippen LogP contribution in [0.4, 0.5) is 17.5 Å². The lowest BCUT2D eigenvalue weighted by molar-refractivity contribution is 0.0687. The van der Waals surface area contributed by atoms with Gasteiger partial charge in [0.1, 0.15) is 16.9 Å². The Morgan fingerprint density at radius 1 is 1.29 bits per heavy atom. The van der Waals surface area contributed by atoms with Gasteiger partial charge in [0.25, 0.3) is 0 Å². The molecule has 2 unspecified atom stereocenters. The van der Waals surface area contributed by atoms with Crippen LogP contribution in [-0.4, -0.2) is 51.2 Å². The van der Waals surface area contributed by atoms with E-state index in [0.717, 1.165) is 5.69 Å². The van der Waals surface area contributed by atoms with Gasteiger partial charge >= 0.3 is 0 Å². The SMILES string of the molecule is Cn1cc(Nc2nc(N)c(Cl)c([C@H]3COC4C3OC[C@H]4N)n2)cn1. The van der Waals surface area contributed by atoms with Crippen molar-refractivity contribution in [1.82, 2.24) is 19.7 Å². The predicted molar refractivity (Wildman–Crippen MR) is 88.1 cm³/mol. The van der Waals surface area contributed by atoms with Crippen molar-refractivity contribution in [3.05, 3.63) is 23.1 Å². The molecule has 4 heterocycles. The summed E-state index contributed by atoms with van der Waals surface area (Å²) in [6.45, 7) is 0.899. The molecule has 0 amide bonds. The monoisotopic (exact) mass is 351 g/mol. The third-order valence-corrected chi connectivity index (χ3v) is 4.69. The Bertz CT molecular complexity index is 768. The second-order valence-electron chi connectivity index (χ2n) is 6.03. The minimum absolute atomic E-state index is 0.129. The molecule has 24 heavy (non-hydrogen) atoms. The average Bonchev–Trinajstić information content (AvgIpc) is 3.22. The number of ether oxygens (including phenoxy) is 2. The summed E-state index contributed by atoms with van der Waals surface area (Å²) in [4.78, 5) is 8.72. The fraction of sp³-hybridized carbons (Fsp3) is 0.500. The molecule has 4 atom stereocenters. The van der Waals surface area contributed by atoms with Crippen molar-refractivity contribution in [2.24, 2.45) is 12.8 Å². The van der Waals surface area contributed by atoms with Gasteiger partial charge in [-0.25, -0.2) is 4.98 Å². The zero-order valence-electron chi connectivity index (χ0n) is 13.0. The first-order valence-corrected chi connectivity index (χ1v) is 7.98. The molecule has 0 saturated carbocycles. The van der Waals surface area contributed by atoms with Crippen LogP contribution < -0.4 is 16.8 Å². The molecule has 0 bridgehead atoms. The van der Waals surface area contributed by atoms with Gasteiger partial charge in [-0.15, -0.1) is 0 Å². The smallest absolute Gasteiger partial charge is 0.229 e. The maximum absolute atomic E-state index is 6.34. The van der Waals surface area contributed by atoms with E-state index in [0.29, 0.717) is 29.9 Å². The number of hydrogen-bond acceptors (Lipinski definition) is 8. The van der Waals surface area contributed by atoms with E-state index in [4.69, 9.17) is 32.5 Å². The molecule has 0 radical (unpaired) electrons. The minimum Gasteiger partial charge on any atom is -0.382 e. The van der Waals surface area contributed by atoms with Gasteiger partial charge in [0.05, 0.1) is 48.9 Å². The van der Waals surface area contributed by atoms with Crippen molar-refractivity contribution in [2.75, 3.05) is 24.3 Å². The van der Waals surface area contributed by atoms with Gasteiger partial charge in [-0.05, 0) is 0 Å². The molecular formula is C14H18ClN7O2. The van der Waals surface area contributed by atoms with Gasteiger partial charge in [-0.1, -0.05) is 11.6 Å². The highest BCUT2D eigenvalue weighted by molar-refractivity contribution is 6.33. The number of nitrogen functional groups attached to an aromatic ring is 1. The Hall–Kier alpha value is -1.94. The minimum atomic E-state index is -0.168. The van der Waals surface area contributed by atoms with E-state index in [1.165, 1.54) is 0 Å². The first kappa shape index (κ1) is 15.6. The second kappa shape index (κ2) is 5.85. The summed E-state index contributed by atoms with van der Waals surface area (Å²) in [5.74, 6) is 0.431. The number of nitrogens with one attached hydrogen (secondary N) is 1. The quantitative estimate of drug-likeness (QED) is 0.725. The third kappa shape index (κ3) is 2.59. The fourth-order valence-corrected chi connectivity index (χ4v) is 3.39. The molecular weight excluding hydrogens is 334 g/mol. The highest BCUT2D eigenvalue weighted by Gasteiger charge is 2.48. The van der Waals surface area contributed by atoms with E-state index in [2.05, 4.69) is 20.4 Å². The second-order valence-corrected chi connectivity index (χ2v) is 6.40. The van der Waals surface area contributed by atoms with E-state index >= 15 is 0 Å². The molecule has 10 heteroatoms. The molecule has 128 valence electrons. The van der Waals surface area contributed by atoms with E-state index in [9.17, 15) is 0 Å². The maximum Gasteiger partial charge on any atom is 0.229 e. The van der Waals surface area contributed by atoms with Gasteiger partial charge < -0.3 is 26.3 Å². The highest BCUT2D eigenvalue weighted by Crippen LogP contribution is 2.40. The maximum atomic E-state index is 6.34. The van der Waals surface area contributed by atoms with Crippen molar-refractivity contribution < 1.29 is 9.47 Å². The number of aryl methyl sites for hydroxylation is 1. The summed E-state index contributed by atoms with van der Waals surface area (Å²) < 4.78 is 13.2. The number of fused-ring (bicyclic) bond motifs is 1. The van der Waals surface area contributed by atoms with Gasteiger partial charge in [0.15, 0.2) is 0 Å². The van der Waals surface area contributed by atoms with Crippen LogP contribution in [0.15, 0.2) is 12.4 Å². The molecule has 0 aliphatic carbocycles. The Balaban J connectivity index is 1.65. The molecule has 2 aliphatic rings. The normalized spacial score (nSPS) is 29.0. The van der Waals surface area contributed by atoms with E-state index in [-0.39, 0.29) is 30.0 Å². The Labute approximate surface area is 143 Å². The Kier molecular flexibility index (Phi) is 3.80. The number of nitrogens with zero attached hydrogens (tertiary/aromatic N) is 4. The summed E-state index contributed by atoms with van der Waals surface area (Å²) in [7, 11) is 1.82. The van der Waals surface area contributed by atoms with Crippen molar-refractivity contribution in [1.29, 1.82) is 0 Å². The van der Waals surface area contributed by atoms with Crippen molar-refractivity contribution in [3.63, 3.8) is 0 Å². The highest BCUT2D eigenvalue weighted by atomic mass is 35.5. The van der Waals surface area contributed by atoms with Crippen molar-refractivity contribution in [2.45, 2.75) is 24.2 Å². The lowest BCUT2D eigenvalue weighted by Crippen LogP contribution is -2.35.